The highest BCUT2D eigenvalue weighted by molar-refractivity contribution is 5.89. The number of methoxy groups -OCH3 is 1. The maximum Gasteiger partial charge on any atom is 0.319 e. The minimum atomic E-state index is -0.306. The fourth-order valence-corrected chi connectivity index (χ4v) is 2.80. The number of aromatic nitrogens is 4. The molecule has 0 bridgehead atoms. The van der Waals surface area contributed by atoms with E-state index in [0.717, 1.165) is 12.8 Å². The van der Waals surface area contributed by atoms with Crippen molar-refractivity contribution < 1.29 is 9.53 Å². The van der Waals surface area contributed by atoms with Gasteiger partial charge in [-0.2, -0.15) is 0 Å². The fraction of sp³-hybridized carbons (Fsp3) is 0.467. The van der Waals surface area contributed by atoms with Crippen molar-refractivity contribution in [2.45, 2.75) is 38.3 Å². The Morgan fingerprint density at radius 3 is 3.00 bits per heavy atom. The maximum atomic E-state index is 12.0. The third-order valence-corrected chi connectivity index (χ3v) is 3.97. The number of ether oxygens (including phenoxy) is 1. The molecule has 8 nitrogen and oxygen atoms in total. The summed E-state index contributed by atoms with van der Waals surface area (Å²) in [5.74, 6) is 1.37. The van der Waals surface area contributed by atoms with Crippen molar-refractivity contribution in [3.8, 4) is 5.75 Å². The van der Waals surface area contributed by atoms with Crippen LogP contribution in [0.2, 0.25) is 0 Å². The molecule has 2 aromatic rings. The van der Waals surface area contributed by atoms with Crippen molar-refractivity contribution >= 4 is 11.7 Å². The molecule has 0 radical (unpaired) electrons. The van der Waals surface area contributed by atoms with Crippen LogP contribution in [0.5, 0.6) is 5.75 Å². The summed E-state index contributed by atoms with van der Waals surface area (Å²) in [5, 5.41) is 17.3. The zero-order valence-electron chi connectivity index (χ0n) is 13.0. The number of nitrogens with zero attached hydrogens (tertiary/aromatic N) is 4. The molecule has 122 valence electrons. The molecule has 0 spiro atoms. The molecule has 0 aliphatic heterocycles. The first-order chi connectivity index (χ1) is 11.3. The molecule has 3 rings (SSSR count). The second-order valence-corrected chi connectivity index (χ2v) is 5.52. The first-order valence-corrected chi connectivity index (χ1v) is 7.72. The van der Waals surface area contributed by atoms with Crippen LogP contribution in [0.15, 0.2) is 24.3 Å². The van der Waals surface area contributed by atoms with E-state index >= 15 is 0 Å². The van der Waals surface area contributed by atoms with E-state index in [1.807, 2.05) is 16.8 Å². The van der Waals surface area contributed by atoms with E-state index in [1.54, 1.807) is 19.2 Å². The number of hydrogen-bond acceptors (Lipinski definition) is 5. The highest BCUT2D eigenvalue weighted by Gasteiger charge is 2.21. The number of anilines is 1. The highest BCUT2D eigenvalue weighted by Crippen LogP contribution is 2.29. The summed E-state index contributed by atoms with van der Waals surface area (Å²) in [5.41, 5.74) is 0.664. The Balaban J connectivity index is 1.56. The first-order valence-electron chi connectivity index (χ1n) is 7.72. The Morgan fingerprint density at radius 1 is 1.39 bits per heavy atom. The molecule has 1 aliphatic carbocycles. The molecule has 2 amide bonds. The number of amides is 2. The molecule has 0 atom stereocenters. The van der Waals surface area contributed by atoms with Gasteiger partial charge in [0.2, 0.25) is 0 Å². The van der Waals surface area contributed by atoms with E-state index in [9.17, 15) is 4.79 Å². The Kier molecular flexibility index (Phi) is 4.70. The minimum Gasteiger partial charge on any atom is -0.497 e. The Bertz CT molecular complexity index is 665. The van der Waals surface area contributed by atoms with Crippen molar-refractivity contribution in [3.05, 3.63) is 30.1 Å². The predicted molar refractivity (Wildman–Crippen MR) is 84.2 cm³/mol. The van der Waals surface area contributed by atoms with Crippen LogP contribution in [-0.4, -0.2) is 33.3 Å². The number of benzene rings is 1. The molecule has 1 fully saturated rings. The van der Waals surface area contributed by atoms with Gasteiger partial charge in [-0.15, -0.1) is 5.10 Å². The van der Waals surface area contributed by atoms with E-state index in [-0.39, 0.29) is 6.03 Å². The van der Waals surface area contributed by atoms with Crippen LogP contribution in [0.3, 0.4) is 0 Å². The quantitative estimate of drug-likeness (QED) is 0.881. The molecule has 23 heavy (non-hydrogen) atoms. The summed E-state index contributed by atoms with van der Waals surface area (Å²) >= 11 is 0. The van der Waals surface area contributed by atoms with E-state index in [4.69, 9.17) is 4.74 Å². The lowest BCUT2D eigenvalue weighted by Gasteiger charge is -2.12. The lowest BCUT2D eigenvalue weighted by Crippen LogP contribution is -2.30. The maximum absolute atomic E-state index is 12.0. The molecule has 1 aromatic carbocycles. The van der Waals surface area contributed by atoms with Crippen molar-refractivity contribution in [2.24, 2.45) is 0 Å². The smallest absolute Gasteiger partial charge is 0.319 e. The molecule has 1 aromatic heterocycles. The van der Waals surface area contributed by atoms with Gasteiger partial charge < -0.3 is 15.4 Å². The molecule has 8 heteroatoms. The van der Waals surface area contributed by atoms with Crippen LogP contribution in [0.25, 0.3) is 0 Å². The molecule has 0 unspecified atom stereocenters. The molecular formula is C15H20N6O2. The van der Waals surface area contributed by atoms with Gasteiger partial charge in [0, 0.05) is 11.8 Å². The van der Waals surface area contributed by atoms with Gasteiger partial charge in [0.1, 0.15) is 5.75 Å². The van der Waals surface area contributed by atoms with Crippen LogP contribution in [-0.2, 0) is 6.54 Å². The zero-order chi connectivity index (χ0) is 16.1. The van der Waals surface area contributed by atoms with Gasteiger partial charge in [-0.25, -0.2) is 9.48 Å². The molecular weight excluding hydrogens is 296 g/mol. The molecule has 1 aliphatic rings. The summed E-state index contributed by atoms with van der Waals surface area (Å²) in [4.78, 5) is 12.0. The number of carbonyl (C=O) groups excluding carboxylic acids is 1. The largest absolute Gasteiger partial charge is 0.497 e. The number of carbonyl (C=O) groups is 1. The lowest BCUT2D eigenvalue weighted by atomic mass is 10.2. The Morgan fingerprint density at radius 2 is 2.22 bits per heavy atom. The van der Waals surface area contributed by atoms with Crippen molar-refractivity contribution in [1.29, 1.82) is 0 Å². The van der Waals surface area contributed by atoms with E-state index in [2.05, 4.69) is 26.2 Å². The monoisotopic (exact) mass is 316 g/mol. The fourth-order valence-electron chi connectivity index (χ4n) is 2.80. The van der Waals surface area contributed by atoms with Crippen LogP contribution in [0.4, 0.5) is 10.5 Å². The third kappa shape index (κ3) is 3.77. The van der Waals surface area contributed by atoms with Gasteiger partial charge in [-0.05, 0) is 35.4 Å². The average Bonchev–Trinajstić information content (AvgIpc) is 3.24. The molecule has 1 saturated carbocycles. The van der Waals surface area contributed by atoms with E-state index in [0.29, 0.717) is 29.8 Å². The van der Waals surface area contributed by atoms with Gasteiger partial charge in [-0.1, -0.05) is 18.9 Å². The normalized spacial score (nSPS) is 14.7. The Hall–Kier alpha value is -2.64. The Labute approximate surface area is 134 Å². The van der Waals surface area contributed by atoms with Crippen molar-refractivity contribution in [3.63, 3.8) is 0 Å². The topological polar surface area (TPSA) is 94.0 Å². The first kappa shape index (κ1) is 15.3. The van der Waals surface area contributed by atoms with E-state index < -0.39 is 0 Å². The summed E-state index contributed by atoms with van der Waals surface area (Å²) in [6.07, 6.45) is 4.59. The number of rotatable bonds is 5. The van der Waals surface area contributed by atoms with Crippen LogP contribution in [0.1, 0.15) is 37.5 Å². The third-order valence-electron chi connectivity index (χ3n) is 3.97. The highest BCUT2D eigenvalue weighted by atomic mass is 16.5. The summed E-state index contributed by atoms with van der Waals surface area (Å²) in [7, 11) is 1.59. The zero-order valence-corrected chi connectivity index (χ0v) is 13.0. The second kappa shape index (κ2) is 7.08. The number of tetrazole rings is 1. The van der Waals surface area contributed by atoms with Gasteiger partial charge in [0.05, 0.1) is 19.7 Å². The lowest BCUT2D eigenvalue weighted by molar-refractivity contribution is 0.251. The standard InChI is InChI=1S/C15H20N6O2/c1-23-13-8-4-5-11(9-13)17-15(22)16-10-14-18-19-20-21(14)12-6-2-3-7-12/h4-5,8-9,12H,2-3,6-7,10H2,1H3,(H2,16,17,22). The van der Waals surface area contributed by atoms with Gasteiger partial charge in [0.15, 0.2) is 5.82 Å². The van der Waals surface area contributed by atoms with Crippen LogP contribution < -0.4 is 15.4 Å². The predicted octanol–water partition coefficient (Wildman–Crippen LogP) is 2.12. The minimum absolute atomic E-state index is 0.291. The van der Waals surface area contributed by atoms with Gasteiger partial charge >= 0.3 is 6.03 Å². The summed E-state index contributed by atoms with van der Waals surface area (Å²) < 4.78 is 6.96. The SMILES string of the molecule is COc1cccc(NC(=O)NCc2nnnn2C2CCCC2)c1. The average molecular weight is 316 g/mol. The van der Waals surface area contributed by atoms with Crippen LogP contribution >= 0.6 is 0 Å². The number of urea groups is 1. The van der Waals surface area contributed by atoms with Crippen molar-refractivity contribution in [2.75, 3.05) is 12.4 Å². The van der Waals surface area contributed by atoms with E-state index in [1.165, 1.54) is 12.8 Å². The molecule has 1 heterocycles. The van der Waals surface area contributed by atoms with Crippen molar-refractivity contribution in [1.82, 2.24) is 25.5 Å². The second-order valence-electron chi connectivity index (χ2n) is 5.52. The van der Waals surface area contributed by atoms with Gasteiger partial charge in [-0.3, -0.25) is 0 Å². The summed E-state index contributed by atoms with van der Waals surface area (Å²) in [6, 6.07) is 7.23. The van der Waals surface area contributed by atoms with Gasteiger partial charge in [0.25, 0.3) is 0 Å². The number of hydrogen-bond donors (Lipinski definition) is 2. The van der Waals surface area contributed by atoms with Crippen LogP contribution in [0, 0.1) is 0 Å². The molecule has 0 saturated heterocycles. The summed E-state index contributed by atoms with van der Waals surface area (Å²) in [6.45, 7) is 0.291. The molecule has 2 N–H and O–H groups in total. The number of nitrogens with one attached hydrogen (secondary N) is 2.